The third-order valence-electron chi connectivity index (χ3n) is 4.86. The lowest BCUT2D eigenvalue weighted by atomic mass is 10.0. The van der Waals surface area contributed by atoms with Gasteiger partial charge in [0.15, 0.2) is 9.92 Å². The molecular formula is C18H22N4O4S2. The zero-order chi connectivity index (χ0) is 20.1. The molecule has 4 N–H and O–H groups in total. The molecule has 2 heterocycles. The number of benzene rings is 1. The number of aryl methyl sites for hydroxylation is 1. The van der Waals surface area contributed by atoms with Gasteiger partial charge in [0.1, 0.15) is 5.75 Å². The summed E-state index contributed by atoms with van der Waals surface area (Å²) in [6.07, 6.45) is 4.94. The van der Waals surface area contributed by atoms with Crippen LogP contribution in [0.1, 0.15) is 41.8 Å². The number of nitrogens with one attached hydrogen (secondary N) is 1. The zero-order valence-corrected chi connectivity index (χ0v) is 17.3. The number of carbonyl (C=O) groups is 1. The number of nitrogens with zero attached hydrogens (tertiary/aromatic N) is 2. The largest absolute Gasteiger partial charge is 0.493 e. The molecule has 8 nitrogen and oxygen atoms in total. The maximum Gasteiger partial charge on any atom is 0.354 e. The van der Waals surface area contributed by atoms with Crippen LogP contribution in [0.5, 0.6) is 5.75 Å². The molecule has 4 rings (SSSR count). The van der Waals surface area contributed by atoms with E-state index in [9.17, 15) is 14.1 Å². The number of rotatable bonds is 3. The number of hydrogen-bond acceptors (Lipinski definition) is 6. The number of carbonyl (C=O) groups excluding carboxylic acids is 1. The Hall–Kier alpha value is -2.01. The van der Waals surface area contributed by atoms with E-state index in [1.165, 1.54) is 11.8 Å². The van der Waals surface area contributed by atoms with Crippen molar-refractivity contribution >= 4 is 33.0 Å². The van der Waals surface area contributed by atoms with E-state index in [2.05, 4.69) is 20.7 Å². The van der Waals surface area contributed by atoms with Gasteiger partial charge in [-0.15, -0.1) is 15.7 Å². The van der Waals surface area contributed by atoms with Gasteiger partial charge in [-0.3, -0.25) is 0 Å². The molecule has 0 bridgehead atoms. The highest BCUT2D eigenvalue weighted by Crippen LogP contribution is 2.41. The summed E-state index contributed by atoms with van der Waals surface area (Å²) in [6.45, 7) is 3.75. The molecule has 1 aliphatic carbocycles. The molecule has 1 atom stereocenters. The number of fused-ring (bicyclic) bond motifs is 2. The zero-order valence-electron chi connectivity index (χ0n) is 15.7. The Morgan fingerprint density at radius 3 is 2.89 bits per heavy atom. The first-order chi connectivity index (χ1) is 13.1. The average Bonchev–Trinajstić information content (AvgIpc) is 3.33. The smallest absolute Gasteiger partial charge is 0.354 e. The van der Waals surface area contributed by atoms with Crippen LogP contribution in [-0.2, 0) is 34.8 Å². The lowest BCUT2D eigenvalue weighted by molar-refractivity contribution is 0.0823. The number of hydrogen-bond donors (Lipinski definition) is 3. The third kappa shape index (κ3) is 3.52. The second kappa shape index (κ2) is 6.80. The van der Waals surface area contributed by atoms with Crippen molar-refractivity contribution < 1.29 is 18.8 Å². The van der Waals surface area contributed by atoms with Gasteiger partial charge in [0.05, 0.1) is 22.8 Å². The molecule has 2 aliphatic rings. The summed E-state index contributed by atoms with van der Waals surface area (Å²) in [5, 5.41) is 18.6. The van der Waals surface area contributed by atoms with E-state index in [0.29, 0.717) is 23.6 Å². The Morgan fingerprint density at radius 2 is 2.18 bits per heavy atom. The van der Waals surface area contributed by atoms with E-state index in [0.717, 1.165) is 47.5 Å². The lowest BCUT2D eigenvalue weighted by Crippen LogP contribution is -2.18. The Morgan fingerprint density at radius 1 is 1.39 bits per heavy atom. The number of urea groups is 1. The maximum atomic E-state index is 12.8. The van der Waals surface area contributed by atoms with Gasteiger partial charge in [-0.2, -0.15) is 0 Å². The normalized spacial score (nSPS) is 17.4. The molecule has 28 heavy (non-hydrogen) atoms. The number of aliphatic hydroxyl groups is 1. The SMILES string of the molecule is CC(C)(O)c1cnc(S(N)(=O)=NC(=O)Nc2c3c(cc4c2CCO4)CCC3)s1. The molecule has 0 spiro atoms. The summed E-state index contributed by atoms with van der Waals surface area (Å²) < 4.78 is 22.2. The van der Waals surface area contributed by atoms with Crippen molar-refractivity contribution in [2.24, 2.45) is 9.50 Å². The van der Waals surface area contributed by atoms with E-state index in [1.807, 2.05) is 0 Å². The second-order valence-corrected chi connectivity index (χ2v) is 10.5. The first-order valence-corrected chi connectivity index (χ1v) is 11.4. The number of anilines is 1. The Kier molecular flexibility index (Phi) is 4.69. The van der Waals surface area contributed by atoms with Crippen LogP contribution in [0.15, 0.2) is 21.0 Å². The molecule has 0 saturated carbocycles. The monoisotopic (exact) mass is 422 g/mol. The number of amides is 2. The van der Waals surface area contributed by atoms with E-state index in [4.69, 9.17) is 9.88 Å². The molecule has 0 radical (unpaired) electrons. The molecule has 1 unspecified atom stereocenters. The van der Waals surface area contributed by atoms with Crippen molar-refractivity contribution in [3.8, 4) is 5.75 Å². The number of ether oxygens (including phenoxy) is 1. The van der Waals surface area contributed by atoms with Crippen LogP contribution in [0.3, 0.4) is 0 Å². The molecule has 150 valence electrons. The summed E-state index contributed by atoms with van der Waals surface area (Å²) in [6, 6.07) is 1.28. The Balaban J connectivity index is 1.65. The molecular weight excluding hydrogens is 400 g/mol. The van der Waals surface area contributed by atoms with Crippen LogP contribution in [0.4, 0.5) is 10.5 Å². The van der Waals surface area contributed by atoms with Crippen molar-refractivity contribution in [3.63, 3.8) is 0 Å². The van der Waals surface area contributed by atoms with E-state index < -0.39 is 21.5 Å². The predicted octanol–water partition coefficient (Wildman–Crippen LogP) is 2.73. The quantitative estimate of drug-likeness (QED) is 0.701. The van der Waals surface area contributed by atoms with Gasteiger partial charge in [-0.25, -0.2) is 19.1 Å². The van der Waals surface area contributed by atoms with Crippen LogP contribution < -0.4 is 15.2 Å². The molecule has 2 aromatic rings. The molecule has 0 fully saturated rings. The number of aromatic nitrogens is 1. The van der Waals surface area contributed by atoms with Gasteiger partial charge in [0, 0.05) is 18.2 Å². The third-order valence-corrected chi connectivity index (χ3v) is 7.98. The second-order valence-electron chi connectivity index (χ2n) is 7.46. The van der Waals surface area contributed by atoms with Crippen LogP contribution in [0, 0.1) is 0 Å². The minimum atomic E-state index is -3.52. The van der Waals surface area contributed by atoms with Gasteiger partial charge in [-0.1, -0.05) is 0 Å². The van der Waals surface area contributed by atoms with E-state index in [-0.39, 0.29) is 4.34 Å². The fourth-order valence-corrected chi connectivity index (χ4v) is 5.60. The van der Waals surface area contributed by atoms with Crippen LogP contribution >= 0.6 is 11.3 Å². The number of thiazole rings is 1. The van der Waals surface area contributed by atoms with Crippen LogP contribution in [-0.4, -0.2) is 26.9 Å². The molecule has 0 saturated heterocycles. The molecule has 1 aromatic heterocycles. The van der Waals surface area contributed by atoms with E-state index in [1.54, 1.807) is 13.8 Å². The summed E-state index contributed by atoms with van der Waals surface area (Å²) in [5.74, 6) is 0.791. The highest BCUT2D eigenvalue weighted by Gasteiger charge is 2.27. The van der Waals surface area contributed by atoms with Gasteiger partial charge < -0.3 is 15.2 Å². The van der Waals surface area contributed by atoms with Crippen molar-refractivity contribution in [2.45, 2.75) is 49.5 Å². The molecule has 1 aromatic carbocycles. The molecule has 1 aliphatic heterocycles. The Bertz CT molecular complexity index is 1050. The average molecular weight is 423 g/mol. The predicted molar refractivity (Wildman–Crippen MR) is 107 cm³/mol. The van der Waals surface area contributed by atoms with Crippen LogP contribution in [0.25, 0.3) is 0 Å². The first-order valence-electron chi connectivity index (χ1n) is 9.00. The van der Waals surface area contributed by atoms with Crippen molar-refractivity contribution in [1.29, 1.82) is 0 Å². The van der Waals surface area contributed by atoms with Crippen molar-refractivity contribution in [3.05, 3.63) is 33.8 Å². The topological polar surface area (TPSA) is 127 Å². The van der Waals surface area contributed by atoms with Crippen molar-refractivity contribution in [2.75, 3.05) is 11.9 Å². The first kappa shape index (κ1) is 19.3. The van der Waals surface area contributed by atoms with Crippen LogP contribution in [0.2, 0.25) is 0 Å². The highest BCUT2D eigenvalue weighted by molar-refractivity contribution is 7.93. The lowest BCUT2D eigenvalue weighted by Gasteiger charge is -2.14. The summed E-state index contributed by atoms with van der Waals surface area (Å²) in [4.78, 5) is 17.0. The molecule has 2 amide bonds. The van der Waals surface area contributed by atoms with Gasteiger partial charge >= 0.3 is 6.03 Å². The fraction of sp³-hybridized carbons (Fsp3) is 0.444. The fourth-order valence-electron chi connectivity index (χ4n) is 3.52. The van der Waals surface area contributed by atoms with Gasteiger partial charge in [0.25, 0.3) is 0 Å². The summed E-state index contributed by atoms with van der Waals surface area (Å²) in [5.41, 5.74) is 2.78. The minimum absolute atomic E-state index is 0.00614. The standard InChI is InChI=1S/C18H22N4O4S2/c1-18(2,24)14-9-20-17(27-14)28(19,25)22-16(23)21-15-11-5-3-4-10(11)8-13-12(15)6-7-26-13/h8-9,24H,3-7H2,1-2H3,(H3,19,21,22,23,25). The highest BCUT2D eigenvalue weighted by atomic mass is 32.2. The van der Waals surface area contributed by atoms with Crippen molar-refractivity contribution in [1.82, 2.24) is 4.98 Å². The van der Waals surface area contributed by atoms with E-state index >= 15 is 0 Å². The maximum absolute atomic E-state index is 12.8. The summed E-state index contributed by atoms with van der Waals surface area (Å²) >= 11 is 0.980. The summed E-state index contributed by atoms with van der Waals surface area (Å²) in [7, 11) is -3.52. The number of nitrogens with two attached hydrogens (primary N) is 1. The molecule has 10 heteroatoms. The minimum Gasteiger partial charge on any atom is -0.493 e. The van der Waals surface area contributed by atoms with Gasteiger partial charge in [-0.05, 0) is 50.3 Å². The Labute approximate surface area is 167 Å². The van der Waals surface area contributed by atoms with Gasteiger partial charge in [0.2, 0.25) is 4.34 Å².